The maximum Gasteiger partial charge on any atom is 0.408 e. The standard InChI is InChI=1S/C24H29BrN2O5/c1-16(2)12-20(27-24(30)32-15-17-8-5-4-6-9-17)22(28)26-21(23(29)31-3)14-18-10-7-11-19(25)13-18/h4-11,13,16,20-21H,12,14-15H2,1-3H3,(H,26,28)(H,27,30)/t20-,21+/m0/s1. The third-order valence-electron chi connectivity index (χ3n) is 4.66. The molecule has 0 spiro atoms. The fourth-order valence-corrected chi connectivity index (χ4v) is 3.56. The molecular formula is C24H29BrN2O5. The van der Waals surface area contributed by atoms with Gasteiger partial charge in [-0.1, -0.05) is 72.2 Å². The quantitative estimate of drug-likeness (QED) is 0.477. The van der Waals surface area contributed by atoms with Crippen LogP contribution in [0.15, 0.2) is 59.1 Å². The van der Waals surface area contributed by atoms with Gasteiger partial charge in [-0.3, -0.25) is 4.79 Å². The van der Waals surface area contributed by atoms with Crippen LogP contribution in [0.1, 0.15) is 31.4 Å². The van der Waals surface area contributed by atoms with Crippen molar-refractivity contribution in [3.63, 3.8) is 0 Å². The Kier molecular flexibility index (Phi) is 10.2. The second-order valence-electron chi connectivity index (χ2n) is 7.81. The summed E-state index contributed by atoms with van der Waals surface area (Å²) in [6, 6.07) is 15.0. The van der Waals surface area contributed by atoms with E-state index >= 15 is 0 Å². The molecule has 0 bridgehead atoms. The maximum atomic E-state index is 13.0. The van der Waals surface area contributed by atoms with E-state index in [4.69, 9.17) is 9.47 Å². The van der Waals surface area contributed by atoms with Gasteiger partial charge in [-0.2, -0.15) is 0 Å². The van der Waals surface area contributed by atoms with Crippen LogP contribution in [-0.4, -0.2) is 37.2 Å². The van der Waals surface area contributed by atoms with E-state index in [9.17, 15) is 14.4 Å². The van der Waals surface area contributed by atoms with Gasteiger partial charge < -0.3 is 20.1 Å². The highest BCUT2D eigenvalue weighted by Crippen LogP contribution is 2.14. The van der Waals surface area contributed by atoms with Crippen LogP contribution in [0.4, 0.5) is 4.79 Å². The Morgan fingerprint density at radius 2 is 1.62 bits per heavy atom. The Morgan fingerprint density at radius 1 is 0.938 bits per heavy atom. The van der Waals surface area contributed by atoms with Crippen molar-refractivity contribution in [3.8, 4) is 0 Å². The third kappa shape index (κ3) is 8.70. The van der Waals surface area contributed by atoms with Crippen molar-refractivity contribution in [3.05, 3.63) is 70.2 Å². The second kappa shape index (κ2) is 12.9. The van der Waals surface area contributed by atoms with Gasteiger partial charge in [0.15, 0.2) is 0 Å². The summed E-state index contributed by atoms with van der Waals surface area (Å²) in [5.74, 6) is -0.907. The minimum Gasteiger partial charge on any atom is -0.467 e. The average Bonchev–Trinajstić information content (AvgIpc) is 2.76. The molecule has 2 amide bonds. The number of hydrogen-bond acceptors (Lipinski definition) is 5. The van der Waals surface area contributed by atoms with Crippen molar-refractivity contribution < 1.29 is 23.9 Å². The second-order valence-corrected chi connectivity index (χ2v) is 8.72. The van der Waals surface area contributed by atoms with Gasteiger partial charge >= 0.3 is 12.1 Å². The van der Waals surface area contributed by atoms with E-state index < -0.39 is 30.1 Å². The number of carbonyl (C=O) groups excluding carboxylic acids is 3. The van der Waals surface area contributed by atoms with Crippen molar-refractivity contribution >= 4 is 33.9 Å². The van der Waals surface area contributed by atoms with Gasteiger partial charge in [0, 0.05) is 10.9 Å². The largest absolute Gasteiger partial charge is 0.467 e. The van der Waals surface area contributed by atoms with Crippen molar-refractivity contribution in [1.82, 2.24) is 10.6 Å². The molecule has 32 heavy (non-hydrogen) atoms. The molecule has 0 radical (unpaired) electrons. The van der Waals surface area contributed by atoms with E-state index in [1.165, 1.54) is 7.11 Å². The number of rotatable bonds is 10. The lowest BCUT2D eigenvalue weighted by Crippen LogP contribution is -2.53. The average molecular weight is 505 g/mol. The first-order valence-corrected chi connectivity index (χ1v) is 11.2. The molecule has 2 atom stereocenters. The van der Waals surface area contributed by atoms with Crippen molar-refractivity contribution in [2.75, 3.05) is 7.11 Å². The number of ether oxygens (including phenoxy) is 2. The molecule has 0 aromatic heterocycles. The van der Waals surface area contributed by atoms with E-state index in [2.05, 4.69) is 26.6 Å². The Hall–Kier alpha value is -2.87. The molecule has 0 aliphatic carbocycles. The van der Waals surface area contributed by atoms with Gasteiger partial charge in [0.25, 0.3) is 0 Å². The first-order chi connectivity index (χ1) is 15.3. The Labute approximate surface area is 197 Å². The molecule has 0 aliphatic heterocycles. The van der Waals surface area contributed by atoms with Crippen LogP contribution in [0.3, 0.4) is 0 Å². The van der Waals surface area contributed by atoms with Gasteiger partial charge in [-0.15, -0.1) is 0 Å². The highest BCUT2D eigenvalue weighted by molar-refractivity contribution is 9.10. The highest BCUT2D eigenvalue weighted by atomic mass is 79.9. The third-order valence-corrected chi connectivity index (χ3v) is 5.15. The Morgan fingerprint density at radius 3 is 2.25 bits per heavy atom. The highest BCUT2D eigenvalue weighted by Gasteiger charge is 2.28. The van der Waals surface area contributed by atoms with Crippen LogP contribution >= 0.6 is 15.9 Å². The lowest BCUT2D eigenvalue weighted by Gasteiger charge is -2.23. The van der Waals surface area contributed by atoms with Gasteiger partial charge in [0.1, 0.15) is 18.7 Å². The lowest BCUT2D eigenvalue weighted by atomic mass is 10.0. The number of esters is 1. The number of carbonyl (C=O) groups is 3. The summed E-state index contributed by atoms with van der Waals surface area (Å²) in [7, 11) is 1.27. The van der Waals surface area contributed by atoms with Gasteiger partial charge in [0.2, 0.25) is 5.91 Å². The first-order valence-electron chi connectivity index (χ1n) is 10.4. The summed E-state index contributed by atoms with van der Waals surface area (Å²) in [6.07, 6.45) is -0.0573. The predicted octanol–water partition coefficient (Wildman–Crippen LogP) is 3.99. The Balaban J connectivity index is 2.04. The van der Waals surface area contributed by atoms with Gasteiger partial charge in [0.05, 0.1) is 7.11 Å². The van der Waals surface area contributed by atoms with Crippen LogP contribution in [-0.2, 0) is 32.1 Å². The van der Waals surface area contributed by atoms with Crippen LogP contribution in [0.2, 0.25) is 0 Å². The van der Waals surface area contributed by atoms with Crippen LogP contribution in [0.25, 0.3) is 0 Å². The number of benzene rings is 2. The molecule has 2 rings (SSSR count). The number of amides is 2. The van der Waals surface area contributed by atoms with Crippen molar-refractivity contribution in [1.29, 1.82) is 0 Å². The maximum absolute atomic E-state index is 13.0. The summed E-state index contributed by atoms with van der Waals surface area (Å²) in [5.41, 5.74) is 1.69. The molecule has 0 saturated heterocycles. The topological polar surface area (TPSA) is 93.7 Å². The summed E-state index contributed by atoms with van der Waals surface area (Å²) in [6.45, 7) is 3.98. The number of methoxy groups -OCH3 is 1. The van der Waals surface area contributed by atoms with Crippen LogP contribution in [0, 0.1) is 5.92 Å². The lowest BCUT2D eigenvalue weighted by molar-refractivity contribution is -0.145. The number of alkyl carbamates (subject to hydrolysis) is 1. The van der Waals surface area contributed by atoms with E-state index in [1.807, 2.05) is 68.4 Å². The molecule has 2 N–H and O–H groups in total. The van der Waals surface area contributed by atoms with Crippen LogP contribution < -0.4 is 10.6 Å². The first kappa shape index (κ1) is 25.4. The zero-order valence-electron chi connectivity index (χ0n) is 18.5. The SMILES string of the molecule is COC(=O)[C@@H](Cc1cccc(Br)c1)NC(=O)[C@H](CC(C)C)NC(=O)OCc1ccccc1. The number of nitrogens with one attached hydrogen (secondary N) is 2. The zero-order valence-corrected chi connectivity index (χ0v) is 20.1. The summed E-state index contributed by atoms with van der Waals surface area (Å²) >= 11 is 3.40. The molecule has 0 saturated carbocycles. The molecule has 172 valence electrons. The van der Waals surface area contributed by atoms with Crippen LogP contribution in [0.5, 0.6) is 0 Å². The minimum atomic E-state index is -0.890. The number of halogens is 1. The summed E-state index contributed by atoms with van der Waals surface area (Å²) < 4.78 is 11.0. The smallest absolute Gasteiger partial charge is 0.408 e. The molecule has 7 nitrogen and oxygen atoms in total. The van der Waals surface area contributed by atoms with E-state index in [0.717, 1.165) is 15.6 Å². The molecule has 8 heteroatoms. The predicted molar refractivity (Wildman–Crippen MR) is 125 cm³/mol. The zero-order chi connectivity index (χ0) is 23.5. The normalized spacial score (nSPS) is 12.5. The monoisotopic (exact) mass is 504 g/mol. The molecule has 2 aromatic carbocycles. The number of hydrogen-bond donors (Lipinski definition) is 2. The molecule has 0 heterocycles. The van der Waals surface area contributed by atoms with E-state index in [0.29, 0.717) is 6.42 Å². The van der Waals surface area contributed by atoms with E-state index in [-0.39, 0.29) is 18.9 Å². The summed E-state index contributed by atoms with van der Waals surface area (Å²) in [5, 5.41) is 5.34. The molecule has 0 unspecified atom stereocenters. The molecular weight excluding hydrogens is 476 g/mol. The fraction of sp³-hybridized carbons (Fsp3) is 0.375. The fourth-order valence-electron chi connectivity index (χ4n) is 3.12. The van der Waals surface area contributed by atoms with Crippen molar-refractivity contribution in [2.45, 2.75) is 45.4 Å². The molecule has 2 aromatic rings. The molecule has 0 aliphatic rings. The van der Waals surface area contributed by atoms with Gasteiger partial charge in [-0.25, -0.2) is 9.59 Å². The summed E-state index contributed by atoms with van der Waals surface area (Å²) in [4.78, 5) is 37.6. The van der Waals surface area contributed by atoms with E-state index in [1.54, 1.807) is 0 Å². The van der Waals surface area contributed by atoms with Crippen molar-refractivity contribution in [2.24, 2.45) is 5.92 Å². The molecule has 0 fully saturated rings. The minimum absolute atomic E-state index is 0.0936. The Bertz CT molecular complexity index is 904. The van der Waals surface area contributed by atoms with Gasteiger partial charge in [-0.05, 0) is 35.6 Å².